The molecule has 1 aromatic carbocycles. The lowest BCUT2D eigenvalue weighted by Gasteiger charge is -2.17. The van der Waals surface area contributed by atoms with E-state index < -0.39 is 0 Å². The van der Waals surface area contributed by atoms with Gasteiger partial charge in [-0.1, -0.05) is 20.8 Å². The Morgan fingerprint density at radius 2 is 1.81 bits per heavy atom. The minimum Gasteiger partial charge on any atom is -0.508 e. The number of Topliss-reactive ketones (excluding diaryl/α,β-unsaturated/α-hetero) is 1. The molecule has 0 aliphatic rings. The zero-order chi connectivity index (χ0) is 12.5. The molecule has 0 saturated heterocycles. The highest BCUT2D eigenvalue weighted by atomic mass is 16.3. The highest BCUT2D eigenvalue weighted by molar-refractivity contribution is 5.99. The summed E-state index contributed by atoms with van der Waals surface area (Å²) in [6, 6.07) is 2.90. The minimum absolute atomic E-state index is 0.00445. The zero-order valence-electron chi connectivity index (χ0n) is 10.2. The van der Waals surface area contributed by atoms with Crippen molar-refractivity contribution in [3.63, 3.8) is 0 Å². The van der Waals surface area contributed by atoms with Gasteiger partial charge in [-0.25, -0.2) is 0 Å². The van der Waals surface area contributed by atoms with Crippen LogP contribution in [-0.4, -0.2) is 16.0 Å². The molecule has 0 amide bonds. The number of carbonyl (C=O) groups excluding carboxylic acids is 1. The van der Waals surface area contributed by atoms with Crippen molar-refractivity contribution in [2.45, 2.75) is 34.1 Å². The fourth-order valence-electron chi connectivity index (χ4n) is 1.49. The Kier molecular flexibility index (Phi) is 3.27. The van der Waals surface area contributed by atoms with Crippen LogP contribution in [0.1, 0.15) is 43.1 Å². The van der Waals surface area contributed by atoms with Crippen LogP contribution in [0.15, 0.2) is 12.1 Å². The summed E-state index contributed by atoms with van der Waals surface area (Å²) in [4.78, 5) is 11.9. The summed E-state index contributed by atoms with van der Waals surface area (Å²) in [7, 11) is 0. The van der Waals surface area contributed by atoms with E-state index in [0.29, 0.717) is 12.0 Å². The van der Waals surface area contributed by atoms with Crippen molar-refractivity contribution in [1.29, 1.82) is 0 Å². The van der Waals surface area contributed by atoms with Gasteiger partial charge in [0.25, 0.3) is 0 Å². The summed E-state index contributed by atoms with van der Waals surface area (Å²) in [5, 5.41) is 19.1. The van der Waals surface area contributed by atoms with Crippen LogP contribution < -0.4 is 0 Å². The number of rotatable bonds is 2. The van der Waals surface area contributed by atoms with Crippen LogP contribution >= 0.6 is 0 Å². The summed E-state index contributed by atoms with van der Waals surface area (Å²) in [6.07, 6.45) is 0.366. The molecule has 0 aliphatic carbocycles. The highest BCUT2D eigenvalue weighted by Crippen LogP contribution is 2.32. The molecule has 0 aromatic heterocycles. The molecule has 0 radical (unpaired) electrons. The Balaban J connectivity index is 3.06. The van der Waals surface area contributed by atoms with Crippen molar-refractivity contribution in [1.82, 2.24) is 0 Å². The third kappa shape index (κ3) is 2.75. The van der Waals surface area contributed by atoms with Gasteiger partial charge < -0.3 is 10.2 Å². The molecule has 3 nitrogen and oxygen atoms in total. The van der Waals surface area contributed by atoms with E-state index in [4.69, 9.17) is 0 Å². The lowest BCUT2D eigenvalue weighted by Crippen LogP contribution is -2.13. The van der Waals surface area contributed by atoms with E-state index in [1.165, 1.54) is 12.1 Å². The maximum absolute atomic E-state index is 11.9. The monoisotopic (exact) mass is 222 g/mol. The normalized spacial score (nSPS) is 11.5. The zero-order valence-corrected chi connectivity index (χ0v) is 10.2. The van der Waals surface area contributed by atoms with Crippen LogP contribution in [0.5, 0.6) is 11.5 Å². The molecular weight excluding hydrogens is 204 g/mol. The van der Waals surface area contributed by atoms with Crippen molar-refractivity contribution < 1.29 is 15.0 Å². The Hall–Kier alpha value is -1.51. The lowest BCUT2D eigenvalue weighted by molar-refractivity contribution is 0.0937. The number of hydrogen-bond acceptors (Lipinski definition) is 3. The molecule has 0 fully saturated rings. The first kappa shape index (κ1) is 12.6. The Morgan fingerprint density at radius 1 is 1.25 bits per heavy atom. The maximum atomic E-state index is 11.9. The number of carbonyl (C=O) groups is 1. The van der Waals surface area contributed by atoms with E-state index in [1.807, 2.05) is 20.8 Å². The fourth-order valence-corrected chi connectivity index (χ4v) is 1.49. The van der Waals surface area contributed by atoms with E-state index in [2.05, 4.69) is 0 Å². The van der Waals surface area contributed by atoms with Gasteiger partial charge in [0.05, 0.1) is 5.56 Å². The number of ketones is 1. The molecule has 0 aliphatic heterocycles. The third-order valence-electron chi connectivity index (χ3n) is 2.39. The van der Waals surface area contributed by atoms with Gasteiger partial charge >= 0.3 is 0 Å². The first-order valence-corrected chi connectivity index (χ1v) is 5.27. The first-order valence-electron chi connectivity index (χ1n) is 5.27. The van der Waals surface area contributed by atoms with Crippen LogP contribution in [-0.2, 0) is 0 Å². The molecule has 0 unspecified atom stereocenters. The van der Waals surface area contributed by atoms with Gasteiger partial charge in [-0.3, -0.25) is 4.79 Å². The number of aromatic hydroxyl groups is 2. The fraction of sp³-hybridized carbons (Fsp3) is 0.462. The van der Waals surface area contributed by atoms with Gasteiger partial charge in [0, 0.05) is 12.0 Å². The van der Waals surface area contributed by atoms with Crippen molar-refractivity contribution >= 4 is 5.78 Å². The predicted octanol–water partition coefficient (Wildman–Crippen LogP) is 3.03. The molecule has 88 valence electrons. The minimum atomic E-state index is -0.116. The molecule has 2 N–H and O–H groups in total. The van der Waals surface area contributed by atoms with Crippen LogP contribution in [0.2, 0.25) is 0 Å². The first-order chi connectivity index (χ1) is 7.22. The standard InChI is InChI=1S/C13H18O3/c1-8-10(14)6-5-9(12(8)16)11(15)7-13(2,3)4/h5-6,14,16H,7H2,1-4H3. The number of phenolic OH excluding ortho intramolecular Hbond substituents is 2. The van der Waals surface area contributed by atoms with Gasteiger partial charge in [-0.05, 0) is 24.5 Å². The summed E-state index contributed by atoms with van der Waals surface area (Å²) in [6.45, 7) is 7.48. The van der Waals surface area contributed by atoms with E-state index in [1.54, 1.807) is 6.92 Å². The lowest BCUT2D eigenvalue weighted by atomic mass is 9.87. The molecule has 0 bridgehead atoms. The van der Waals surface area contributed by atoms with Crippen LogP contribution in [0, 0.1) is 12.3 Å². The van der Waals surface area contributed by atoms with Crippen molar-refractivity contribution in [3.8, 4) is 11.5 Å². The molecule has 0 atom stereocenters. The van der Waals surface area contributed by atoms with Crippen molar-refractivity contribution in [2.24, 2.45) is 5.41 Å². The molecule has 0 spiro atoms. The third-order valence-corrected chi connectivity index (χ3v) is 2.39. The van der Waals surface area contributed by atoms with Gasteiger partial charge in [-0.15, -0.1) is 0 Å². The van der Waals surface area contributed by atoms with E-state index in [9.17, 15) is 15.0 Å². The quantitative estimate of drug-likeness (QED) is 0.756. The molecular formula is C13H18O3. The maximum Gasteiger partial charge on any atom is 0.167 e. The number of hydrogen-bond donors (Lipinski definition) is 2. The molecule has 16 heavy (non-hydrogen) atoms. The van der Waals surface area contributed by atoms with Crippen LogP contribution in [0.25, 0.3) is 0 Å². The van der Waals surface area contributed by atoms with Gasteiger partial charge in [0.2, 0.25) is 0 Å². The van der Waals surface area contributed by atoms with E-state index in [-0.39, 0.29) is 28.3 Å². The van der Waals surface area contributed by atoms with E-state index >= 15 is 0 Å². The second kappa shape index (κ2) is 4.16. The summed E-state index contributed by atoms with van der Waals surface area (Å²) in [5.74, 6) is -0.216. The average Bonchev–Trinajstić information content (AvgIpc) is 2.11. The highest BCUT2D eigenvalue weighted by Gasteiger charge is 2.21. The molecule has 1 aromatic rings. The Morgan fingerprint density at radius 3 is 2.31 bits per heavy atom. The number of benzene rings is 1. The van der Waals surface area contributed by atoms with Crippen molar-refractivity contribution in [3.05, 3.63) is 23.3 Å². The summed E-state index contributed by atoms with van der Waals surface area (Å²) >= 11 is 0. The second-order valence-electron chi connectivity index (χ2n) is 5.27. The molecule has 1 rings (SSSR count). The predicted molar refractivity (Wildman–Crippen MR) is 62.9 cm³/mol. The van der Waals surface area contributed by atoms with Crippen molar-refractivity contribution in [2.75, 3.05) is 0 Å². The molecule has 0 heterocycles. The molecule has 3 heteroatoms. The molecule has 0 saturated carbocycles. The largest absolute Gasteiger partial charge is 0.508 e. The average molecular weight is 222 g/mol. The van der Waals surface area contributed by atoms with Crippen LogP contribution in [0.3, 0.4) is 0 Å². The van der Waals surface area contributed by atoms with Gasteiger partial charge in [-0.2, -0.15) is 0 Å². The summed E-state index contributed by atoms with van der Waals surface area (Å²) in [5.41, 5.74) is 0.514. The summed E-state index contributed by atoms with van der Waals surface area (Å²) < 4.78 is 0. The smallest absolute Gasteiger partial charge is 0.167 e. The van der Waals surface area contributed by atoms with E-state index in [0.717, 1.165) is 0 Å². The Labute approximate surface area is 95.7 Å². The topological polar surface area (TPSA) is 57.5 Å². The Bertz CT molecular complexity index is 414. The van der Waals surface area contributed by atoms with Gasteiger partial charge in [0.1, 0.15) is 11.5 Å². The second-order valence-corrected chi connectivity index (χ2v) is 5.27. The van der Waals surface area contributed by atoms with Crippen LogP contribution in [0.4, 0.5) is 0 Å². The van der Waals surface area contributed by atoms with Gasteiger partial charge in [0.15, 0.2) is 5.78 Å². The SMILES string of the molecule is Cc1c(O)ccc(C(=O)CC(C)(C)C)c1O. The number of phenols is 2.